The van der Waals surface area contributed by atoms with Gasteiger partial charge in [0.15, 0.2) is 5.01 Å². The largest absolute Gasteiger partial charge is 0.320 e. The summed E-state index contributed by atoms with van der Waals surface area (Å²) >= 11 is 1.16. The van der Waals surface area contributed by atoms with Gasteiger partial charge >= 0.3 is 0 Å². The summed E-state index contributed by atoms with van der Waals surface area (Å²) in [6.07, 6.45) is 0.898. The van der Waals surface area contributed by atoms with Gasteiger partial charge in [-0.2, -0.15) is 0 Å². The van der Waals surface area contributed by atoms with Gasteiger partial charge in [-0.05, 0) is 66.1 Å². The number of nitrogens with one attached hydrogen (secondary N) is 1. The predicted molar refractivity (Wildman–Crippen MR) is 128 cm³/mol. The third-order valence-electron chi connectivity index (χ3n) is 5.00. The third kappa shape index (κ3) is 5.16. The monoisotopic (exact) mass is 481 g/mol. The molecule has 4 aromatic rings. The maximum Gasteiger partial charge on any atom is 0.284 e. The van der Waals surface area contributed by atoms with Gasteiger partial charge in [-0.15, -0.1) is 11.3 Å². The molecule has 4 rings (SSSR count). The highest BCUT2D eigenvalue weighted by Crippen LogP contribution is 2.37. The average molecular weight is 482 g/mol. The first-order valence-electron chi connectivity index (χ1n) is 10.0. The summed E-state index contributed by atoms with van der Waals surface area (Å²) in [5, 5.41) is 8.26. The lowest BCUT2D eigenvalue weighted by Gasteiger charge is -2.04. The van der Waals surface area contributed by atoms with Crippen molar-refractivity contribution in [3.8, 4) is 21.7 Å². The Balaban J connectivity index is 1.73. The van der Waals surface area contributed by atoms with Crippen molar-refractivity contribution < 1.29 is 17.6 Å². The number of hydrogen-bond donors (Lipinski definition) is 2. The summed E-state index contributed by atoms with van der Waals surface area (Å²) in [4.78, 5) is 18.1. The number of aryl methyl sites for hydroxylation is 1. The van der Waals surface area contributed by atoms with Crippen molar-refractivity contribution in [3.63, 3.8) is 0 Å². The molecule has 3 N–H and O–H groups in total. The fraction of sp³-hybridized carbons (Fsp3) is 0.0833. The number of aromatic nitrogens is 1. The highest BCUT2D eigenvalue weighted by Gasteiger charge is 2.20. The molecule has 1 heterocycles. The first-order chi connectivity index (χ1) is 15.7. The normalized spacial score (nSPS) is 11.4. The standard InChI is InChI=1S/C24H20FN3O3S2/c1-2-15-3-11-19(12-4-15)27-23(29)24-28-21(16-5-9-18(25)10-6-16)22(32-24)17-7-13-20(14-8-17)33(26,30)31/h3-14H,2H2,1H3,(H,27,29)(H2,26,30,31). The van der Waals surface area contributed by atoms with Gasteiger partial charge in [0.1, 0.15) is 5.82 Å². The number of sulfonamides is 1. The number of thiazole rings is 1. The molecule has 0 bridgehead atoms. The second kappa shape index (κ2) is 9.22. The van der Waals surface area contributed by atoms with Gasteiger partial charge < -0.3 is 5.32 Å². The molecular weight excluding hydrogens is 461 g/mol. The number of rotatable bonds is 6. The van der Waals surface area contributed by atoms with Gasteiger partial charge in [0, 0.05) is 11.3 Å². The van der Waals surface area contributed by atoms with Crippen LogP contribution in [0.1, 0.15) is 22.3 Å². The number of amides is 1. The highest BCUT2D eigenvalue weighted by atomic mass is 32.2. The Labute approximate surface area is 195 Å². The van der Waals surface area contributed by atoms with Gasteiger partial charge in [0.05, 0.1) is 15.5 Å². The fourth-order valence-corrected chi connectivity index (χ4v) is 4.72. The second-order valence-corrected chi connectivity index (χ2v) is 9.84. The second-order valence-electron chi connectivity index (χ2n) is 7.28. The number of primary sulfonamides is 1. The lowest BCUT2D eigenvalue weighted by atomic mass is 10.1. The number of carbonyl (C=O) groups excluding carboxylic acids is 1. The molecule has 1 aromatic heterocycles. The van der Waals surface area contributed by atoms with Gasteiger partial charge in [0.25, 0.3) is 5.91 Å². The van der Waals surface area contributed by atoms with E-state index in [0.717, 1.165) is 23.3 Å². The Morgan fingerprint density at radius 2 is 1.58 bits per heavy atom. The number of nitrogens with two attached hydrogens (primary N) is 1. The van der Waals surface area contributed by atoms with E-state index in [2.05, 4.69) is 17.2 Å². The van der Waals surface area contributed by atoms with Gasteiger partial charge in [-0.1, -0.05) is 31.2 Å². The topological polar surface area (TPSA) is 102 Å². The van der Waals surface area contributed by atoms with Crippen LogP contribution in [-0.4, -0.2) is 19.3 Å². The van der Waals surface area contributed by atoms with Crippen LogP contribution in [-0.2, 0) is 16.4 Å². The summed E-state index contributed by atoms with van der Waals surface area (Å²) in [6.45, 7) is 2.05. The molecule has 0 saturated heterocycles. The van der Waals surface area contributed by atoms with Crippen LogP contribution in [0.5, 0.6) is 0 Å². The number of hydrogen-bond acceptors (Lipinski definition) is 5. The van der Waals surface area contributed by atoms with Crippen LogP contribution in [0.3, 0.4) is 0 Å². The van der Waals surface area contributed by atoms with Gasteiger partial charge in [-0.3, -0.25) is 4.79 Å². The lowest BCUT2D eigenvalue weighted by Crippen LogP contribution is -2.11. The van der Waals surface area contributed by atoms with Gasteiger partial charge in [-0.25, -0.2) is 22.9 Å². The zero-order valence-electron chi connectivity index (χ0n) is 17.6. The summed E-state index contributed by atoms with van der Waals surface area (Å²) in [5.74, 6) is -0.762. The zero-order valence-corrected chi connectivity index (χ0v) is 19.2. The van der Waals surface area contributed by atoms with E-state index in [4.69, 9.17) is 5.14 Å². The Bertz CT molecular complexity index is 1400. The molecule has 0 radical (unpaired) electrons. The Morgan fingerprint density at radius 1 is 0.970 bits per heavy atom. The molecule has 0 aliphatic carbocycles. The molecule has 0 aliphatic heterocycles. The molecule has 6 nitrogen and oxygen atoms in total. The van der Waals surface area contributed by atoms with Crippen molar-refractivity contribution in [2.45, 2.75) is 18.2 Å². The van der Waals surface area contributed by atoms with Crippen LogP contribution >= 0.6 is 11.3 Å². The van der Waals surface area contributed by atoms with Crippen molar-refractivity contribution in [1.29, 1.82) is 0 Å². The fourth-order valence-electron chi connectivity index (χ4n) is 3.22. The number of anilines is 1. The molecule has 0 fully saturated rings. The Hall–Kier alpha value is -3.40. The van der Waals surface area contributed by atoms with E-state index in [0.29, 0.717) is 27.4 Å². The Morgan fingerprint density at radius 3 is 2.15 bits per heavy atom. The molecule has 0 unspecified atom stereocenters. The molecule has 168 valence electrons. The van der Waals surface area contributed by atoms with Crippen molar-refractivity contribution in [2.24, 2.45) is 5.14 Å². The number of nitrogens with zero attached hydrogens (tertiary/aromatic N) is 1. The van der Waals surface area contributed by atoms with E-state index in [1.807, 2.05) is 24.3 Å². The first-order valence-corrected chi connectivity index (χ1v) is 12.4. The molecular formula is C24H20FN3O3S2. The van der Waals surface area contributed by atoms with Crippen LogP contribution in [0.2, 0.25) is 0 Å². The molecule has 33 heavy (non-hydrogen) atoms. The maximum absolute atomic E-state index is 13.5. The van der Waals surface area contributed by atoms with E-state index >= 15 is 0 Å². The van der Waals surface area contributed by atoms with Crippen LogP contribution in [0.4, 0.5) is 10.1 Å². The molecule has 1 amide bonds. The van der Waals surface area contributed by atoms with Crippen molar-refractivity contribution in [3.05, 3.63) is 89.2 Å². The third-order valence-corrected chi connectivity index (χ3v) is 7.04. The van der Waals surface area contributed by atoms with Gasteiger partial charge in [0.2, 0.25) is 10.0 Å². The highest BCUT2D eigenvalue weighted by molar-refractivity contribution is 7.89. The van der Waals surface area contributed by atoms with E-state index < -0.39 is 10.0 Å². The maximum atomic E-state index is 13.5. The molecule has 3 aromatic carbocycles. The summed E-state index contributed by atoms with van der Waals surface area (Å²) in [6, 6.07) is 19.3. The first kappa shape index (κ1) is 22.8. The van der Waals surface area contributed by atoms with Crippen LogP contribution in [0, 0.1) is 5.82 Å². The number of benzene rings is 3. The van der Waals surface area contributed by atoms with Crippen molar-refractivity contribution in [1.82, 2.24) is 4.98 Å². The Kier molecular flexibility index (Phi) is 6.37. The lowest BCUT2D eigenvalue weighted by molar-refractivity contribution is 0.102. The average Bonchev–Trinajstić information content (AvgIpc) is 3.25. The van der Waals surface area contributed by atoms with Crippen LogP contribution in [0.25, 0.3) is 21.7 Å². The number of halogens is 1. The van der Waals surface area contributed by atoms with Crippen LogP contribution in [0.15, 0.2) is 77.7 Å². The molecule has 0 atom stereocenters. The minimum Gasteiger partial charge on any atom is -0.320 e. The van der Waals surface area contributed by atoms with E-state index in [1.165, 1.54) is 24.3 Å². The zero-order chi connectivity index (χ0) is 23.6. The van der Waals surface area contributed by atoms with Crippen LogP contribution < -0.4 is 10.5 Å². The van der Waals surface area contributed by atoms with Crippen molar-refractivity contribution >= 4 is 33.0 Å². The number of carbonyl (C=O) groups is 1. The molecule has 0 spiro atoms. The minimum absolute atomic E-state index is 0.0207. The van der Waals surface area contributed by atoms with E-state index in [-0.39, 0.29) is 21.6 Å². The molecule has 0 aliphatic rings. The van der Waals surface area contributed by atoms with E-state index in [1.54, 1.807) is 24.3 Å². The summed E-state index contributed by atoms with van der Waals surface area (Å²) in [7, 11) is -3.83. The minimum atomic E-state index is -3.83. The predicted octanol–water partition coefficient (Wildman–Crippen LogP) is 5.08. The molecule has 9 heteroatoms. The summed E-state index contributed by atoms with van der Waals surface area (Å²) in [5.41, 5.74) is 3.59. The van der Waals surface area contributed by atoms with Crippen molar-refractivity contribution in [2.75, 3.05) is 5.32 Å². The summed E-state index contributed by atoms with van der Waals surface area (Å²) < 4.78 is 36.6. The smallest absolute Gasteiger partial charge is 0.284 e. The SMILES string of the molecule is CCc1ccc(NC(=O)c2nc(-c3ccc(F)cc3)c(-c3ccc(S(N)(=O)=O)cc3)s2)cc1. The molecule has 0 saturated carbocycles. The van der Waals surface area contributed by atoms with E-state index in [9.17, 15) is 17.6 Å². The quantitative estimate of drug-likeness (QED) is 0.401.